The molecular formula is C21H25FN2O4S. The molecule has 1 aliphatic heterocycles. The molecule has 0 bridgehead atoms. The molecule has 1 amide bonds. The molecule has 29 heavy (non-hydrogen) atoms. The molecule has 6 nitrogen and oxygen atoms in total. The number of piperidine rings is 1. The molecule has 1 fully saturated rings. The van der Waals surface area contributed by atoms with E-state index in [2.05, 4.69) is 5.32 Å². The predicted octanol–water partition coefficient (Wildman–Crippen LogP) is 3.65. The van der Waals surface area contributed by atoms with Crippen LogP contribution in [0.4, 0.5) is 10.1 Å². The summed E-state index contributed by atoms with van der Waals surface area (Å²) in [5, 5.41) is 2.88. The molecule has 0 atom stereocenters. The summed E-state index contributed by atoms with van der Waals surface area (Å²) in [6, 6.07) is 11.9. The van der Waals surface area contributed by atoms with Crippen LogP contribution in [-0.4, -0.2) is 37.8 Å². The number of nitrogens with zero attached hydrogens (tertiary/aromatic N) is 1. The lowest BCUT2D eigenvalue weighted by molar-refractivity contribution is -0.120. The van der Waals surface area contributed by atoms with Crippen molar-refractivity contribution in [1.82, 2.24) is 4.31 Å². The Hall–Kier alpha value is -2.45. The van der Waals surface area contributed by atoms with Crippen LogP contribution in [0, 0.1) is 11.7 Å². The standard InChI is InChI=1S/C21H25FN2O4S/c1-15(2)28-19-7-5-18(6-8-19)23-21(25)16-11-13-24(14-12-16)29(26,27)20-9-3-17(22)4-10-20/h3-10,15-16H,11-14H2,1-2H3,(H,23,25). The summed E-state index contributed by atoms with van der Waals surface area (Å²) in [6.45, 7) is 4.38. The fraction of sp³-hybridized carbons (Fsp3) is 0.381. The summed E-state index contributed by atoms with van der Waals surface area (Å²) in [5.41, 5.74) is 0.674. The highest BCUT2D eigenvalue weighted by Gasteiger charge is 2.32. The molecule has 2 aromatic carbocycles. The largest absolute Gasteiger partial charge is 0.491 e. The van der Waals surface area contributed by atoms with Gasteiger partial charge in [-0.25, -0.2) is 12.8 Å². The summed E-state index contributed by atoms with van der Waals surface area (Å²) < 4.78 is 45.3. The number of ether oxygens (including phenoxy) is 1. The summed E-state index contributed by atoms with van der Waals surface area (Å²) in [5.74, 6) is -0.136. The van der Waals surface area contributed by atoms with Gasteiger partial charge >= 0.3 is 0 Å². The van der Waals surface area contributed by atoms with Crippen LogP contribution in [0.25, 0.3) is 0 Å². The van der Waals surface area contributed by atoms with E-state index in [4.69, 9.17) is 4.74 Å². The summed E-state index contributed by atoms with van der Waals surface area (Å²) in [4.78, 5) is 12.6. The number of nitrogens with one attached hydrogen (secondary N) is 1. The van der Waals surface area contributed by atoms with Gasteiger partial charge < -0.3 is 10.1 Å². The highest BCUT2D eigenvalue weighted by Crippen LogP contribution is 2.25. The van der Waals surface area contributed by atoms with Crippen LogP contribution in [0.2, 0.25) is 0 Å². The average molecular weight is 421 g/mol. The summed E-state index contributed by atoms with van der Waals surface area (Å²) in [6.07, 6.45) is 0.938. The van der Waals surface area contributed by atoms with Crippen molar-refractivity contribution in [3.05, 3.63) is 54.3 Å². The smallest absolute Gasteiger partial charge is 0.243 e. The Morgan fingerprint density at radius 1 is 1.07 bits per heavy atom. The Kier molecular flexibility index (Phi) is 6.54. The van der Waals surface area contributed by atoms with Gasteiger partial charge in [0.2, 0.25) is 15.9 Å². The molecule has 0 aromatic heterocycles. The van der Waals surface area contributed by atoms with Crippen LogP contribution < -0.4 is 10.1 Å². The molecule has 0 radical (unpaired) electrons. The van der Waals surface area contributed by atoms with Crippen LogP contribution in [0.3, 0.4) is 0 Å². The van der Waals surface area contributed by atoms with Gasteiger partial charge in [0.25, 0.3) is 0 Å². The van der Waals surface area contributed by atoms with Gasteiger partial charge in [-0.15, -0.1) is 0 Å². The van der Waals surface area contributed by atoms with Gasteiger partial charge in [-0.2, -0.15) is 4.31 Å². The quantitative estimate of drug-likeness (QED) is 0.774. The second kappa shape index (κ2) is 8.92. The lowest BCUT2D eigenvalue weighted by Gasteiger charge is -2.30. The first-order valence-electron chi connectivity index (χ1n) is 9.59. The number of benzene rings is 2. The van der Waals surface area contributed by atoms with Crippen LogP contribution in [0.1, 0.15) is 26.7 Å². The van der Waals surface area contributed by atoms with Crippen LogP contribution >= 0.6 is 0 Å². The molecule has 0 spiro atoms. The Balaban J connectivity index is 1.56. The molecular weight excluding hydrogens is 395 g/mol. The van der Waals surface area contributed by atoms with E-state index in [0.29, 0.717) is 18.5 Å². The first-order chi connectivity index (χ1) is 13.8. The molecule has 0 unspecified atom stereocenters. The Bertz CT molecular complexity index is 936. The normalized spacial score (nSPS) is 16.0. The van der Waals surface area contributed by atoms with Crippen molar-refractivity contribution in [2.75, 3.05) is 18.4 Å². The van der Waals surface area contributed by atoms with Gasteiger partial charge in [0.15, 0.2) is 0 Å². The number of carbonyl (C=O) groups is 1. The van der Waals surface area contributed by atoms with E-state index in [1.54, 1.807) is 24.3 Å². The van der Waals surface area contributed by atoms with Crippen molar-refractivity contribution in [3.8, 4) is 5.75 Å². The second-order valence-electron chi connectivity index (χ2n) is 7.31. The molecule has 0 aliphatic carbocycles. The highest BCUT2D eigenvalue weighted by atomic mass is 32.2. The lowest BCUT2D eigenvalue weighted by Crippen LogP contribution is -2.41. The van der Waals surface area contributed by atoms with E-state index in [1.807, 2.05) is 13.8 Å². The van der Waals surface area contributed by atoms with Gasteiger partial charge in [-0.1, -0.05) is 0 Å². The molecule has 156 valence electrons. The number of carbonyl (C=O) groups excluding carboxylic acids is 1. The van der Waals surface area contributed by atoms with Crippen molar-refractivity contribution in [2.45, 2.75) is 37.7 Å². The van der Waals surface area contributed by atoms with Gasteiger partial charge in [0.05, 0.1) is 11.0 Å². The number of hydrogen-bond acceptors (Lipinski definition) is 4. The maximum atomic E-state index is 13.1. The predicted molar refractivity (Wildman–Crippen MR) is 109 cm³/mol. The zero-order chi connectivity index (χ0) is 21.0. The molecule has 1 aliphatic rings. The number of amides is 1. The zero-order valence-corrected chi connectivity index (χ0v) is 17.3. The number of rotatable bonds is 6. The Morgan fingerprint density at radius 3 is 2.21 bits per heavy atom. The molecule has 1 N–H and O–H groups in total. The minimum atomic E-state index is -3.68. The third-order valence-corrected chi connectivity index (χ3v) is 6.68. The molecule has 8 heteroatoms. The average Bonchev–Trinajstić information content (AvgIpc) is 2.69. The topological polar surface area (TPSA) is 75.7 Å². The van der Waals surface area contributed by atoms with Crippen molar-refractivity contribution < 1.29 is 22.3 Å². The number of anilines is 1. The van der Waals surface area contributed by atoms with E-state index in [9.17, 15) is 17.6 Å². The minimum Gasteiger partial charge on any atom is -0.491 e. The molecule has 1 heterocycles. The monoisotopic (exact) mass is 420 g/mol. The van der Waals surface area contributed by atoms with Crippen molar-refractivity contribution in [2.24, 2.45) is 5.92 Å². The van der Waals surface area contributed by atoms with E-state index in [1.165, 1.54) is 16.4 Å². The maximum absolute atomic E-state index is 13.1. The van der Waals surface area contributed by atoms with Gasteiger partial charge in [-0.05, 0) is 75.2 Å². The van der Waals surface area contributed by atoms with Crippen LogP contribution in [-0.2, 0) is 14.8 Å². The first-order valence-corrected chi connectivity index (χ1v) is 11.0. The second-order valence-corrected chi connectivity index (χ2v) is 9.25. The highest BCUT2D eigenvalue weighted by molar-refractivity contribution is 7.89. The third-order valence-electron chi connectivity index (χ3n) is 4.77. The molecule has 0 saturated carbocycles. The Morgan fingerprint density at radius 2 is 1.66 bits per heavy atom. The number of sulfonamides is 1. The minimum absolute atomic E-state index is 0.0607. The van der Waals surface area contributed by atoms with Crippen LogP contribution in [0.5, 0.6) is 5.75 Å². The van der Waals surface area contributed by atoms with Crippen molar-refractivity contribution in [1.29, 1.82) is 0 Å². The fourth-order valence-electron chi connectivity index (χ4n) is 3.25. The lowest BCUT2D eigenvalue weighted by atomic mass is 9.97. The third kappa shape index (κ3) is 5.33. The van der Waals surface area contributed by atoms with Gasteiger partial charge in [-0.3, -0.25) is 4.79 Å². The van der Waals surface area contributed by atoms with E-state index in [-0.39, 0.29) is 35.9 Å². The maximum Gasteiger partial charge on any atom is 0.243 e. The summed E-state index contributed by atoms with van der Waals surface area (Å²) >= 11 is 0. The number of halogens is 1. The van der Waals surface area contributed by atoms with Crippen LogP contribution in [0.15, 0.2) is 53.4 Å². The van der Waals surface area contributed by atoms with E-state index >= 15 is 0 Å². The van der Waals surface area contributed by atoms with Crippen molar-refractivity contribution in [3.63, 3.8) is 0 Å². The SMILES string of the molecule is CC(C)Oc1ccc(NC(=O)C2CCN(S(=O)(=O)c3ccc(F)cc3)CC2)cc1. The van der Waals surface area contributed by atoms with E-state index < -0.39 is 15.8 Å². The summed E-state index contributed by atoms with van der Waals surface area (Å²) in [7, 11) is -3.68. The zero-order valence-electron chi connectivity index (χ0n) is 16.5. The first kappa shape index (κ1) is 21.3. The van der Waals surface area contributed by atoms with Crippen molar-refractivity contribution >= 4 is 21.6 Å². The Labute approximate surface area is 170 Å². The number of hydrogen-bond donors (Lipinski definition) is 1. The van der Waals surface area contributed by atoms with E-state index in [0.717, 1.165) is 17.9 Å². The van der Waals surface area contributed by atoms with Gasteiger partial charge in [0.1, 0.15) is 11.6 Å². The van der Waals surface area contributed by atoms with Gasteiger partial charge in [0, 0.05) is 24.7 Å². The molecule has 1 saturated heterocycles. The molecule has 2 aromatic rings. The molecule has 3 rings (SSSR count). The fourth-order valence-corrected chi connectivity index (χ4v) is 4.72.